The van der Waals surface area contributed by atoms with Gasteiger partial charge in [-0.15, -0.1) is 0 Å². The van der Waals surface area contributed by atoms with Gasteiger partial charge < -0.3 is 10.3 Å². The molecule has 2 aromatic rings. The molecule has 96 valence electrons. The number of imidazole rings is 1. The predicted octanol–water partition coefficient (Wildman–Crippen LogP) is 2.58. The first-order valence-electron chi connectivity index (χ1n) is 6.20. The zero-order valence-electron chi connectivity index (χ0n) is 10.5. The first-order chi connectivity index (χ1) is 8.77. The van der Waals surface area contributed by atoms with E-state index in [4.69, 9.17) is 0 Å². The summed E-state index contributed by atoms with van der Waals surface area (Å²) in [4.78, 5) is 7.25. The van der Waals surface area contributed by atoms with E-state index in [9.17, 15) is 4.39 Å². The van der Waals surface area contributed by atoms with Crippen molar-refractivity contribution in [2.45, 2.75) is 26.3 Å². The highest BCUT2D eigenvalue weighted by Gasteiger charge is 2.01. The maximum absolute atomic E-state index is 13.3. The molecule has 18 heavy (non-hydrogen) atoms. The first-order valence-corrected chi connectivity index (χ1v) is 6.20. The number of halogens is 1. The van der Waals surface area contributed by atoms with Crippen molar-refractivity contribution in [1.29, 1.82) is 0 Å². The van der Waals surface area contributed by atoms with Crippen molar-refractivity contribution >= 4 is 0 Å². The van der Waals surface area contributed by atoms with Crippen LogP contribution in [0.4, 0.5) is 4.39 Å². The molecule has 2 rings (SSSR count). The van der Waals surface area contributed by atoms with Crippen LogP contribution in [0.15, 0.2) is 30.6 Å². The number of hydrogen-bond acceptors (Lipinski definition) is 2. The standard InChI is InChI=1S/C14H18FN3/c1-11-14(18-10-17-11)9-16-8-4-6-12-5-2-3-7-13(12)15/h2-3,5,7,10,16H,4,6,8-9H2,1H3,(H,17,18). The molecule has 0 aliphatic heterocycles. The first kappa shape index (κ1) is 12.8. The lowest BCUT2D eigenvalue weighted by Crippen LogP contribution is -2.16. The normalized spacial score (nSPS) is 10.8. The maximum atomic E-state index is 13.3. The molecule has 0 saturated carbocycles. The third-order valence-corrected chi connectivity index (χ3v) is 2.98. The second-order valence-electron chi connectivity index (χ2n) is 4.35. The molecule has 0 unspecified atom stereocenters. The fourth-order valence-electron chi connectivity index (χ4n) is 1.88. The van der Waals surface area contributed by atoms with Gasteiger partial charge in [-0.05, 0) is 37.9 Å². The van der Waals surface area contributed by atoms with Crippen LogP contribution in [0.2, 0.25) is 0 Å². The highest BCUT2D eigenvalue weighted by molar-refractivity contribution is 5.17. The van der Waals surface area contributed by atoms with Crippen molar-refractivity contribution in [2.75, 3.05) is 6.54 Å². The Hall–Kier alpha value is -1.68. The quantitative estimate of drug-likeness (QED) is 0.770. The van der Waals surface area contributed by atoms with Gasteiger partial charge in [-0.2, -0.15) is 0 Å². The Morgan fingerprint density at radius 1 is 1.33 bits per heavy atom. The van der Waals surface area contributed by atoms with Gasteiger partial charge in [0.05, 0.1) is 12.0 Å². The van der Waals surface area contributed by atoms with Crippen molar-refractivity contribution in [2.24, 2.45) is 0 Å². The van der Waals surface area contributed by atoms with E-state index in [0.29, 0.717) is 0 Å². The van der Waals surface area contributed by atoms with Crippen molar-refractivity contribution in [1.82, 2.24) is 15.3 Å². The average Bonchev–Trinajstić information content (AvgIpc) is 2.77. The van der Waals surface area contributed by atoms with Gasteiger partial charge in [0.15, 0.2) is 0 Å². The third kappa shape index (κ3) is 3.40. The summed E-state index contributed by atoms with van der Waals surface area (Å²) < 4.78 is 13.3. The summed E-state index contributed by atoms with van der Waals surface area (Å²) in [5, 5.41) is 3.31. The minimum Gasteiger partial charge on any atom is -0.348 e. The summed E-state index contributed by atoms with van der Waals surface area (Å²) in [6.07, 6.45) is 3.38. The largest absolute Gasteiger partial charge is 0.348 e. The molecule has 0 bridgehead atoms. The molecule has 0 atom stereocenters. The Morgan fingerprint density at radius 3 is 2.89 bits per heavy atom. The second kappa shape index (κ2) is 6.31. The number of aromatic nitrogens is 2. The van der Waals surface area contributed by atoms with Crippen LogP contribution in [-0.4, -0.2) is 16.5 Å². The minimum atomic E-state index is -0.111. The molecule has 1 aromatic heterocycles. The summed E-state index contributed by atoms with van der Waals surface area (Å²) >= 11 is 0. The van der Waals surface area contributed by atoms with E-state index in [-0.39, 0.29) is 5.82 Å². The van der Waals surface area contributed by atoms with Crippen molar-refractivity contribution < 1.29 is 4.39 Å². The summed E-state index contributed by atoms with van der Waals surface area (Å²) in [6.45, 7) is 3.62. The zero-order valence-corrected chi connectivity index (χ0v) is 10.5. The Bertz CT molecular complexity index is 493. The number of benzene rings is 1. The van der Waals surface area contributed by atoms with Gasteiger partial charge >= 0.3 is 0 Å². The Morgan fingerprint density at radius 2 is 2.17 bits per heavy atom. The Labute approximate surface area is 106 Å². The van der Waals surface area contributed by atoms with E-state index in [2.05, 4.69) is 15.3 Å². The number of nitrogens with one attached hydrogen (secondary N) is 2. The highest BCUT2D eigenvalue weighted by Crippen LogP contribution is 2.08. The van der Waals surface area contributed by atoms with Gasteiger partial charge in [-0.25, -0.2) is 9.37 Å². The summed E-state index contributed by atoms with van der Waals surface area (Å²) in [5.74, 6) is -0.111. The molecule has 0 saturated heterocycles. The van der Waals surface area contributed by atoms with E-state index in [1.165, 1.54) is 6.07 Å². The monoisotopic (exact) mass is 247 g/mol. The summed E-state index contributed by atoms with van der Waals surface area (Å²) in [7, 11) is 0. The van der Waals surface area contributed by atoms with Gasteiger partial charge in [0, 0.05) is 12.2 Å². The molecule has 2 N–H and O–H groups in total. The minimum absolute atomic E-state index is 0.111. The van der Waals surface area contributed by atoms with E-state index in [0.717, 1.165) is 42.9 Å². The zero-order chi connectivity index (χ0) is 12.8. The Balaban J connectivity index is 1.68. The molecular formula is C14H18FN3. The smallest absolute Gasteiger partial charge is 0.126 e. The van der Waals surface area contributed by atoms with Gasteiger partial charge in [-0.1, -0.05) is 18.2 Å². The molecule has 0 amide bonds. The molecule has 3 nitrogen and oxygen atoms in total. The third-order valence-electron chi connectivity index (χ3n) is 2.98. The highest BCUT2D eigenvalue weighted by atomic mass is 19.1. The number of nitrogens with zero attached hydrogens (tertiary/aromatic N) is 1. The van der Waals surface area contributed by atoms with Gasteiger partial charge in [0.1, 0.15) is 5.82 Å². The molecule has 4 heteroatoms. The van der Waals surface area contributed by atoms with Crippen molar-refractivity contribution in [3.8, 4) is 0 Å². The van der Waals surface area contributed by atoms with Crippen molar-refractivity contribution in [3.63, 3.8) is 0 Å². The molecule has 1 aromatic carbocycles. The van der Waals surface area contributed by atoms with Crippen LogP contribution < -0.4 is 5.32 Å². The fourth-order valence-corrected chi connectivity index (χ4v) is 1.88. The molecule has 0 radical (unpaired) electrons. The number of aromatic amines is 1. The predicted molar refractivity (Wildman–Crippen MR) is 69.8 cm³/mol. The topological polar surface area (TPSA) is 40.7 Å². The molecule has 1 heterocycles. The van der Waals surface area contributed by atoms with Gasteiger partial charge in [-0.3, -0.25) is 0 Å². The van der Waals surface area contributed by atoms with Crippen LogP contribution in [0.1, 0.15) is 23.4 Å². The summed E-state index contributed by atoms with van der Waals surface area (Å²) in [6, 6.07) is 6.94. The average molecular weight is 247 g/mol. The van der Waals surface area contributed by atoms with Crippen LogP contribution >= 0.6 is 0 Å². The molecule has 0 spiro atoms. The number of aryl methyl sites for hydroxylation is 2. The SMILES string of the molecule is Cc1[nH]cnc1CNCCCc1ccccc1F. The van der Waals surface area contributed by atoms with Crippen LogP contribution in [0, 0.1) is 12.7 Å². The van der Waals surface area contributed by atoms with E-state index >= 15 is 0 Å². The lowest BCUT2D eigenvalue weighted by molar-refractivity contribution is 0.591. The van der Waals surface area contributed by atoms with E-state index in [1.54, 1.807) is 12.4 Å². The van der Waals surface area contributed by atoms with E-state index < -0.39 is 0 Å². The lowest BCUT2D eigenvalue weighted by Gasteiger charge is -2.05. The number of H-pyrrole nitrogens is 1. The van der Waals surface area contributed by atoms with Crippen LogP contribution in [0.25, 0.3) is 0 Å². The Kier molecular flexibility index (Phi) is 4.47. The molecule has 0 aliphatic carbocycles. The summed E-state index contributed by atoms with van der Waals surface area (Å²) in [5.41, 5.74) is 2.92. The van der Waals surface area contributed by atoms with Crippen LogP contribution in [0.3, 0.4) is 0 Å². The van der Waals surface area contributed by atoms with Crippen LogP contribution in [0.5, 0.6) is 0 Å². The number of hydrogen-bond donors (Lipinski definition) is 2. The van der Waals surface area contributed by atoms with E-state index in [1.807, 2.05) is 19.1 Å². The number of rotatable bonds is 6. The van der Waals surface area contributed by atoms with Crippen molar-refractivity contribution in [3.05, 3.63) is 53.4 Å². The van der Waals surface area contributed by atoms with Gasteiger partial charge in [0.2, 0.25) is 0 Å². The molecule has 0 aliphatic rings. The lowest BCUT2D eigenvalue weighted by atomic mass is 10.1. The van der Waals surface area contributed by atoms with Crippen LogP contribution in [-0.2, 0) is 13.0 Å². The molecule has 0 fully saturated rings. The molecular weight excluding hydrogens is 229 g/mol. The fraction of sp³-hybridized carbons (Fsp3) is 0.357. The van der Waals surface area contributed by atoms with Gasteiger partial charge in [0.25, 0.3) is 0 Å². The maximum Gasteiger partial charge on any atom is 0.126 e. The second-order valence-corrected chi connectivity index (χ2v) is 4.35.